The molecule has 1 aromatic rings. The van der Waals surface area contributed by atoms with Crippen molar-refractivity contribution in [3.63, 3.8) is 0 Å². The van der Waals surface area contributed by atoms with E-state index in [1.165, 1.54) is 5.56 Å². The van der Waals surface area contributed by atoms with Crippen molar-refractivity contribution in [2.75, 3.05) is 11.4 Å². The molecule has 1 N–H and O–H groups in total. The molecule has 0 bridgehead atoms. The zero-order valence-electron chi connectivity index (χ0n) is 12.7. The Morgan fingerprint density at radius 3 is 2.62 bits per heavy atom. The highest BCUT2D eigenvalue weighted by atomic mass is 16.2. The number of para-hydroxylation sites is 1. The molecular weight excluding hydrogens is 264 g/mol. The van der Waals surface area contributed by atoms with Gasteiger partial charge in [-0.3, -0.25) is 9.59 Å². The first-order valence-electron chi connectivity index (χ1n) is 7.75. The van der Waals surface area contributed by atoms with Crippen LogP contribution in [-0.2, 0) is 16.0 Å². The summed E-state index contributed by atoms with van der Waals surface area (Å²) in [4.78, 5) is 27.1. The average Bonchev–Trinajstić information content (AvgIpc) is 3.27. The van der Waals surface area contributed by atoms with Crippen molar-refractivity contribution in [2.45, 2.75) is 45.6 Å². The molecule has 4 nitrogen and oxygen atoms in total. The molecule has 2 aliphatic rings. The Morgan fingerprint density at radius 2 is 1.95 bits per heavy atom. The van der Waals surface area contributed by atoms with Gasteiger partial charge in [-0.2, -0.15) is 0 Å². The largest absolute Gasteiger partial charge is 0.353 e. The fourth-order valence-corrected chi connectivity index (χ4v) is 3.07. The van der Waals surface area contributed by atoms with E-state index in [9.17, 15) is 9.59 Å². The summed E-state index contributed by atoms with van der Waals surface area (Å²) in [5.41, 5.74) is 1.38. The third-order valence-corrected chi connectivity index (χ3v) is 4.37. The van der Waals surface area contributed by atoms with Gasteiger partial charge in [0.1, 0.15) is 5.41 Å². The Hall–Kier alpha value is -1.84. The third-order valence-electron chi connectivity index (χ3n) is 4.37. The first-order valence-corrected chi connectivity index (χ1v) is 7.75. The average molecular weight is 286 g/mol. The predicted octanol–water partition coefficient (Wildman–Crippen LogP) is 2.27. The van der Waals surface area contributed by atoms with E-state index in [-0.39, 0.29) is 17.9 Å². The van der Waals surface area contributed by atoms with Gasteiger partial charge >= 0.3 is 0 Å². The number of aryl methyl sites for hydroxylation is 1. The topological polar surface area (TPSA) is 49.4 Å². The maximum atomic E-state index is 12.9. The van der Waals surface area contributed by atoms with Crippen molar-refractivity contribution in [1.82, 2.24) is 5.32 Å². The summed E-state index contributed by atoms with van der Waals surface area (Å²) in [6, 6.07) is 8.09. The van der Waals surface area contributed by atoms with E-state index in [0.717, 1.165) is 18.5 Å². The van der Waals surface area contributed by atoms with Gasteiger partial charge in [0.25, 0.3) is 0 Å². The number of anilines is 1. The molecule has 1 aliphatic heterocycles. The summed E-state index contributed by atoms with van der Waals surface area (Å²) in [6.45, 7) is 4.57. The Kier molecular flexibility index (Phi) is 3.47. The number of rotatable bonds is 3. The molecule has 1 saturated carbocycles. The highest BCUT2D eigenvalue weighted by molar-refractivity contribution is 6.14. The number of nitrogens with one attached hydrogen (secondary N) is 1. The van der Waals surface area contributed by atoms with Gasteiger partial charge in [0.2, 0.25) is 11.8 Å². The highest BCUT2D eigenvalue weighted by Gasteiger charge is 2.58. The van der Waals surface area contributed by atoms with Crippen LogP contribution in [0, 0.1) is 5.41 Å². The fraction of sp³-hybridized carbons (Fsp3) is 0.529. The van der Waals surface area contributed by atoms with Crippen LogP contribution in [0.3, 0.4) is 0 Å². The maximum Gasteiger partial charge on any atom is 0.242 e. The van der Waals surface area contributed by atoms with Crippen molar-refractivity contribution in [1.29, 1.82) is 0 Å². The molecule has 0 aromatic heterocycles. The zero-order valence-corrected chi connectivity index (χ0v) is 12.7. The summed E-state index contributed by atoms with van der Waals surface area (Å²) < 4.78 is 0. The van der Waals surface area contributed by atoms with E-state index in [1.54, 1.807) is 0 Å². The second kappa shape index (κ2) is 5.17. The Bertz CT molecular complexity index is 576. The number of carbonyl (C=O) groups is 2. The molecule has 112 valence electrons. The highest BCUT2D eigenvalue weighted by Crippen LogP contribution is 2.49. The van der Waals surface area contributed by atoms with E-state index in [4.69, 9.17) is 0 Å². The molecular formula is C17H22N2O2. The smallest absolute Gasteiger partial charge is 0.242 e. The van der Waals surface area contributed by atoms with Crippen molar-refractivity contribution < 1.29 is 9.59 Å². The van der Waals surface area contributed by atoms with Crippen LogP contribution in [0.15, 0.2) is 24.3 Å². The van der Waals surface area contributed by atoms with Gasteiger partial charge in [-0.1, -0.05) is 18.2 Å². The third kappa shape index (κ3) is 2.43. The Labute approximate surface area is 125 Å². The maximum absolute atomic E-state index is 12.9. The summed E-state index contributed by atoms with van der Waals surface area (Å²) in [5.74, 6) is -0.127. The van der Waals surface area contributed by atoms with Gasteiger partial charge < -0.3 is 10.2 Å². The number of hydrogen-bond donors (Lipinski definition) is 1. The lowest BCUT2D eigenvalue weighted by Crippen LogP contribution is -2.48. The molecule has 21 heavy (non-hydrogen) atoms. The van der Waals surface area contributed by atoms with E-state index in [0.29, 0.717) is 19.4 Å². The number of amides is 2. The second-order valence-electron chi connectivity index (χ2n) is 6.40. The van der Waals surface area contributed by atoms with Crippen LogP contribution in [0.4, 0.5) is 5.69 Å². The van der Waals surface area contributed by atoms with Crippen LogP contribution in [0.1, 0.15) is 38.7 Å². The van der Waals surface area contributed by atoms with Crippen LogP contribution in [-0.4, -0.2) is 24.4 Å². The zero-order chi connectivity index (χ0) is 15.0. The van der Waals surface area contributed by atoms with Gasteiger partial charge in [-0.25, -0.2) is 0 Å². The quantitative estimate of drug-likeness (QED) is 0.867. The Balaban J connectivity index is 1.85. The van der Waals surface area contributed by atoms with Gasteiger partial charge in [0, 0.05) is 18.3 Å². The number of carbonyl (C=O) groups excluding carboxylic acids is 2. The van der Waals surface area contributed by atoms with Crippen LogP contribution in [0.5, 0.6) is 0 Å². The molecule has 0 radical (unpaired) electrons. The van der Waals surface area contributed by atoms with Crippen molar-refractivity contribution in [2.24, 2.45) is 5.41 Å². The van der Waals surface area contributed by atoms with E-state index >= 15 is 0 Å². The van der Waals surface area contributed by atoms with Crippen molar-refractivity contribution in [3.8, 4) is 0 Å². The van der Waals surface area contributed by atoms with E-state index < -0.39 is 5.41 Å². The van der Waals surface area contributed by atoms with Crippen LogP contribution in [0.25, 0.3) is 0 Å². The van der Waals surface area contributed by atoms with Crippen LogP contribution < -0.4 is 10.2 Å². The fourth-order valence-electron chi connectivity index (χ4n) is 3.07. The summed E-state index contributed by atoms with van der Waals surface area (Å²) in [6.07, 6.45) is 3.31. The number of fused-ring (bicyclic) bond motifs is 1. The lowest BCUT2D eigenvalue weighted by molar-refractivity contribution is -0.136. The van der Waals surface area contributed by atoms with Gasteiger partial charge in [-0.15, -0.1) is 0 Å². The molecule has 0 atom stereocenters. The predicted molar refractivity (Wildman–Crippen MR) is 82.1 cm³/mol. The molecule has 0 saturated heterocycles. The SMILES string of the molecule is CC(C)NC(=O)C1(C(=O)N2CCCc3ccccc32)CC1. The lowest BCUT2D eigenvalue weighted by Gasteiger charge is -2.32. The minimum absolute atomic E-state index is 0.0206. The second-order valence-corrected chi connectivity index (χ2v) is 6.40. The molecule has 1 heterocycles. The molecule has 1 aliphatic carbocycles. The standard InChI is InChI=1S/C17H22N2O2/c1-12(2)18-15(20)17(9-10-17)16(21)19-11-5-7-13-6-3-4-8-14(13)19/h3-4,6,8,12H,5,7,9-11H2,1-2H3,(H,18,20). The number of benzene rings is 1. The van der Waals surface area contributed by atoms with Crippen molar-refractivity contribution in [3.05, 3.63) is 29.8 Å². The first-order chi connectivity index (χ1) is 10.0. The molecule has 0 spiro atoms. The molecule has 1 aromatic carbocycles. The van der Waals surface area contributed by atoms with E-state index in [1.807, 2.05) is 36.9 Å². The summed E-state index contributed by atoms with van der Waals surface area (Å²) >= 11 is 0. The molecule has 1 fully saturated rings. The monoisotopic (exact) mass is 286 g/mol. The molecule has 0 unspecified atom stereocenters. The molecule has 2 amide bonds. The summed E-state index contributed by atoms with van der Waals surface area (Å²) in [5, 5.41) is 2.90. The summed E-state index contributed by atoms with van der Waals surface area (Å²) in [7, 11) is 0. The number of nitrogens with zero attached hydrogens (tertiary/aromatic N) is 1. The van der Waals surface area contributed by atoms with Crippen molar-refractivity contribution >= 4 is 17.5 Å². The van der Waals surface area contributed by atoms with Gasteiger partial charge in [-0.05, 0) is 51.2 Å². The normalized spacial score (nSPS) is 19.1. The minimum atomic E-state index is -0.811. The first kappa shape index (κ1) is 14.1. The van der Waals surface area contributed by atoms with E-state index in [2.05, 4.69) is 11.4 Å². The lowest BCUT2D eigenvalue weighted by atomic mass is 9.97. The minimum Gasteiger partial charge on any atom is -0.353 e. The molecule has 4 heteroatoms. The Morgan fingerprint density at radius 1 is 1.24 bits per heavy atom. The van der Waals surface area contributed by atoms with Gasteiger partial charge in [0.05, 0.1) is 0 Å². The molecule has 3 rings (SSSR count). The van der Waals surface area contributed by atoms with Gasteiger partial charge in [0.15, 0.2) is 0 Å². The van der Waals surface area contributed by atoms with Crippen LogP contribution >= 0.6 is 0 Å². The number of hydrogen-bond acceptors (Lipinski definition) is 2. The van der Waals surface area contributed by atoms with Crippen LogP contribution in [0.2, 0.25) is 0 Å².